The van der Waals surface area contributed by atoms with E-state index in [2.05, 4.69) is 4.90 Å². The van der Waals surface area contributed by atoms with Crippen molar-refractivity contribution in [1.29, 1.82) is 0 Å². The van der Waals surface area contributed by atoms with Crippen molar-refractivity contribution in [3.63, 3.8) is 0 Å². The van der Waals surface area contributed by atoms with Crippen molar-refractivity contribution in [3.8, 4) is 0 Å². The second-order valence-electron chi connectivity index (χ2n) is 6.76. The molecule has 0 radical (unpaired) electrons. The molecule has 0 amide bonds. The molecule has 26 heavy (non-hydrogen) atoms. The minimum absolute atomic E-state index is 0.280. The normalized spacial score (nSPS) is 23.9. The lowest BCUT2D eigenvalue weighted by Gasteiger charge is -2.26. The quantitative estimate of drug-likeness (QED) is 0.789. The molecule has 3 rings (SSSR count). The molecule has 146 valence electrons. The molecule has 0 aromatic heterocycles. The van der Waals surface area contributed by atoms with Crippen LogP contribution >= 0.6 is 0 Å². The Hall–Kier alpha value is -1.16. The second-order valence-corrected chi connectivity index (χ2v) is 8.73. The lowest BCUT2D eigenvalue weighted by molar-refractivity contribution is -0.137. The van der Waals surface area contributed by atoms with Crippen LogP contribution in [-0.2, 0) is 26.7 Å². The molecule has 1 unspecified atom stereocenters. The molecule has 5 nitrogen and oxygen atoms in total. The van der Waals surface area contributed by atoms with Gasteiger partial charge < -0.3 is 4.74 Å². The Labute approximate surface area is 151 Å². The number of sulfonamides is 1. The van der Waals surface area contributed by atoms with Gasteiger partial charge in [0.05, 0.1) is 17.9 Å². The fourth-order valence-electron chi connectivity index (χ4n) is 3.46. The number of alkyl halides is 3. The number of halogens is 3. The number of benzene rings is 1. The fraction of sp³-hybridized carbons (Fsp3) is 0.647. The van der Waals surface area contributed by atoms with Crippen LogP contribution in [0.15, 0.2) is 24.3 Å². The third kappa shape index (κ3) is 4.76. The molecule has 2 aliphatic heterocycles. The molecule has 0 bridgehead atoms. The number of nitrogens with zero attached hydrogens (tertiary/aromatic N) is 2. The van der Waals surface area contributed by atoms with Gasteiger partial charge in [-0.2, -0.15) is 13.2 Å². The van der Waals surface area contributed by atoms with Crippen LogP contribution in [0.4, 0.5) is 13.2 Å². The minimum atomic E-state index is -4.42. The summed E-state index contributed by atoms with van der Waals surface area (Å²) in [6.07, 6.45) is -2.71. The SMILES string of the molecule is O=S(=O)(Cc1ccc(C(F)(F)F)cc1)N1CCCN(C2CCOC2)CC1. The number of hydrogen-bond donors (Lipinski definition) is 0. The summed E-state index contributed by atoms with van der Waals surface area (Å²) >= 11 is 0. The maximum Gasteiger partial charge on any atom is 0.416 e. The number of ether oxygens (including phenoxy) is 1. The van der Waals surface area contributed by atoms with Crippen molar-refractivity contribution in [3.05, 3.63) is 35.4 Å². The van der Waals surface area contributed by atoms with Gasteiger partial charge in [-0.15, -0.1) is 0 Å². The molecule has 2 heterocycles. The lowest BCUT2D eigenvalue weighted by atomic mass is 10.1. The van der Waals surface area contributed by atoms with E-state index in [-0.39, 0.29) is 5.75 Å². The summed E-state index contributed by atoms with van der Waals surface area (Å²) < 4.78 is 70.1. The third-order valence-electron chi connectivity index (χ3n) is 4.94. The fourth-order valence-corrected chi connectivity index (χ4v) is 5.02. The smallest absolute Gasteiger partial charge is 0.380 e. The van der Waals surface area contributed by atoms with Gasteiger partial charge in [0.25, 0.3) is 0 Å². The zero-order valence-corrected chi connectivity index (χ0v) is 15.2. The molecular weight excluding hydrogens is 369 g/mol. The standard InChI is InChI=1S/C17H23F3N2O3S/c18-17(19,20)15-4-2-14(3-5-15)13-26(23,24)22-8-1-7-21(9-10-22)16-6-11-25-12-16/h2-5,16H,1,6-13H2. The van der Waals surface area contributed by atoms with Crippen LogP contribution in [0.5, 0.6) is 0 Å². The van der Waals surface area contributed by atoms with E-state index in [1.165, 1.54) is 16.4 Å². The third-order valence-corrected chi connectivity index (χ3v) is 6.79. The van der Waals surface area contributed by atoms with Crippen molar-refractivity contribution in [1.82, 2.24) is 9.21 Å². The molecule has 1 aromatic carbocycles. The highest BCUT2D eigenvalue weighted by Gasteiger charge is 2.31. The van der Waals surface area contributed by atoms with Crippen LogP contribution in [0.25, 0.3) is 0 Å². The van der Waals surface area contributed by atoms with E-state index >= 15 is 0 Å². The van der Waals surface area contributed by atoms with Crippen molar-refractivity contribution in [2.45, 2.75) is 30.8 Å². The summed E-state index contributed by atoms with van der Waals surface area (Å²) in [7, 11) is -3.56. The van der Waals surface area contributed by atoms with Gasteiger partial charge in [-0.1, -0.05) is 12.1 Å². The first-order chi connectivity index (χ1) is 12.3. The molecule has 1 aromatic rings. The van der Waals surface area contributed by atoms with Crippen LogP contribution in [0.2, 0.25) is 0 Å². The molecule has 2 aliphatic rings. The van der Waals surface area contributed by atoms with E-state index < -0.39 is 21.8 Å². The van der Waals surface area contributed by atoms with Gasteiger partial charge >= 0.3 is 6.18 Å². The lowest BCUT2D eigenvalue weighted by Crippen LogP contribution is -2.40. The second kappa shape index (κ2) is 7.84. The Kier molecular flexibility index (Phi) is 5.91. The van der Waals surface area contributed by atoms with Crippen LogP contribution in [-0.4, -0.2) is 63.1 Å². The van der Waals surface area contributed by atoms with Gasteiger partial charge in [-0.3, -0.25) is 4.90 Å². The summed E-state index contributed by atoms with van der Waals surface area (Å²) in [6, 6.07) is 4.68. The van der Waals surface area contributed by atoms with Gasteiger partial charge in [0.2, 0.25) is 10.0 Å². The van der Waals surface area contributed by atoms with Crippen LogP contribution < -0.4 is 0 Å². The van der Waals surface area contributed by atoms with Gasteiger partial charge in [0.15, 0.2) is 0 Å². The van der Waals surface area contributed by atoms with E-state index in [0.29, 0.717) is 37.8 Å². The molecular formula is C17H23F3N2O3S. The van der Waals surface area contributed by atoms with E-state index in [4.69, 9.17) is 4.74 Å². The predicted molar refractivity (Wildman–Crippen MR) is 91.1 cm³/mol. The Morgan fingerprint density at radius 3 is 2.42 bits per heavy atom. The largest absolute Gasteiger partial charge is 0.416 e. The average Bonchev–Trinajstić information content (AvgIpc) is 2.98. The summed E-state index contributed by atoms with van der Waals surface area (Å²) in [4.78, 5) is 2.28. The van der Waals surface area contributed by atoms with E-state index in [0.717, 1.165) is 38.1 Å². The summed E-state index contributed by atoms with van der Waals surface area (Å²) in [6.45, 7) is 3.77. The Morgan fingerprint density at radius 1 is 1.08 bits per heavy atom. The van der Waals surface area contributed by atoms with Crippen molar-refractivity contribution >= 4 is 10.0 Å². The van der Waals surface area contributed by atoms with Crippen LogP contribution in [0.1, 0.15) is 24.0 Å². The van der Waals surface area contributed by atoms with Crippen LogP contribution in [0.3, 0.4) is 0 Å². The monoisotopic (exact) mass is 392 g/mol. The highest BCUT2D eigenvalue weighted by Crippen LogP contribution is 2.29. The first kappa shape index (κ1) is 19.6. The molecule has 1 atom stereocenters. The van der Waals surface area contributed by atoms with Crippen LogP contribution in [0, 0.1) is 0 Å². The first-order valence-electron chi connectivity index (χ1n) is 8.71. The average molecular weight is 392 g/mol. The number of hydrogen-bond acceptors (Lipinski definition) is 4. The molecule has 0 spiro atoms. The van der Waals surface area contributed by atoms with Gasteiger partial charge in [-0.25, -0.2) is 12.7 Å². The van der Waals surface area contributed by atoms with Gasteiger partial charge in [-0.05, 0) is 37.1 Å². The zero-order valence-electron chi connectivity index (χ0n) is 14.4. The Bertz CT molecular complexity index is 701. The van der Waals surface area contributed by atoms with Gasteiger partial charge in [0.1, 0.15) is 0 Å². The van der Waals surface area contributed by atoms with Crippen molar-refractivity contribution < 1.29 is 26.3 Å². The molecule has 0 saturated carbocycles. The van der Waals surface area contributed by atoms with Crippen molar-refractivity contribution in [2.24, 2.45) is 0 Å². The highest BCUT2D eigenvalue weighted by atomic mass is 32.2. The Balaban J connectivity index is 1.62. The number of rotatable bonds is 4. The predicted octanol–water partition coefficient (Wildman–Crippen LogP) is 2.33. The maximum atomic E-state index is 12.7. The summed E-state index contributed by atoms with van der Waals surface area (Å²) in [5.41, 5.74) is -0.411. The molecule has 2 fully saturated rings. The van der Waals surface area contributed by atoms with Crippen molar-refractivity contribution in [2.75, 3.05) is 39.4 Å². The first-order valence-corrected chi connectivity index (χ1v) is 10.3. The maximum absolute atomic E-state index is 12.7. The van der Waals surface area contributed by atoms with E-state index in [9.17, 15) is 21.6 Å². The highest BCUT2D eigenvalue weighted by molar-refractivity contribution is 7.88. The molecule has 0 N–H and O–H groups in total. The summed E-state index contributed by atoms with van der Waals surface area (Å²) in [5.74, 6) is -0.280. The van der Waals surface area contributed by atoms with Gasteiger partial charge in [0, 0.05) is 32.3 Å². The molecule has 0 aliphatic carbocycles. The topological polar surface area (TPSA) is 49.9 Å². The Morgan fingerprint density at radius 2 is 1.81 bits per heavy atom. The summed E-state index contributed by atoms with van der Waals surface area (Å²) in [5, 5.41) is 0. The van der Waals surface area contributed by atoms with E-state index in [1.807, 2.05) is 0 Å². The van der Waals surface area contributed by atoms with E-state index in [1.54, 1.807) is 0 Å². The molecule has 9 heteroatoms. The minimum Gasteiger partial charge on any atom is -0.380 e. The molecule has 2 saturated heterocycles. The zero-order chi connectivity index (χ0) is 18.8.